The van der Waals surface area contributed by atoms with Gasteiger partial charge in [-0.3, -0.25) is 0 Å². The minimum atomic E-state index is -0.249. The SMILES string of the molecule is CCOC(=O)/C(C)=C/c1ccc(C)c(C)c1. The highest BCUT2D eigenvalue weighted by Crippen LogP contribution is 2.13. The monoisotopic (exact) mass is 218 g/mol. The third-order valence-corrected chi connectivity index (χ3v) is 2.51. The molecule has 1 aromatic rings. The second-order valence-electron chi connectivity index (χ2n) is 3.89. The zero-order valence-corrected chi connectivity index (χ0v) is 10.3. The Balaban J connectivity index is 2.89. The maximum atomic E-state index is 11.4. The second kappa shape index (κ2) is 5.50. The van der Waals surface area contributed by atoms with Crippen molar-refractivity contribution in [3.8, 4) is 0 Å². The van der Waals surface area contributed by atoms with Crippen LogP contribution in [0.4, 0.5) is 0 Å². The number of benzene rings is 1. The van der Waals surface area contributed by atoms with E-state index in [0.29, 0.717) is 12.2 Å². The van der Waals surface area contributed by atoms with Crippen LogP contribution < -0.4 is 0 Å². The van der Waals surface area contributed by atoms with E-state index in [2.05, 4.69) is 26.0 Å². The van der Waals surface area contributed by atoms with E-state index in [4.69, 9.17) is 4.74 Å². The molecule has 0 saturated carbocycles. The van der Waals surface area contributed by atoms with E-state index in [1.165, 1.54) is 11.1 Å². The van der Waals surface area contributed by atoms with Crippen LogP contribution in [0.25, 0.3) is 6.08 Å². The van der Waals surface area contributed by atoms with Crippen molar-refractivity contribution in [3.05, 3.63) is 40.5 Å². The van der Waals surface area contributed by atoms with Crippen LogP contribution in [0.3, 0.4) is 0 Å². The van der Waals surface area contributed by atoms with Crippen molar-refractivity contribution in [2.45, 2.75) is 27.7 Å². The molecule has 0 N–H and O–H groups in total. The Labute approximate surface area is 96.9 Å². The number of hydrogen-bond donors (Lipinski definition) is 0. The lowest BCUT2D eigenvalue weighted by atomic mass is 10.0. The molecule has 0 unspecified atom stereocenters. The average Bonchev–Trinajstić information content (AvgIpc) is 2.24. The minimum absolute atomic E-state index is 0.249. The molecule has 16 heavy (non-hydrogen) atoms. The van der Waals surface area contributed by atoms with Crippen LogP contribution in [0.15, 0.2) is 23.8 Å². The summed E-state index contributed by atoms with van der Waals surface area (Å²) < 4.78 is 4.92. The summed E-state index contributed by atoms with van der Waals surface area (Å²) in [4.78, 5) is 11.4. The van der Waals surface area contributed by atoms with Crippen LogP contribution in [0.5, 0.6) is 0 Å². The Morgan fingerprint density at radius 3 is 2.56 bits per heavy atom. The molecule has 1 rings (SSSR count). The fourth-order valence-corrected chi connectivity index (χ4v) is 1.41. The molecule has 86 valence electrons. The summed E-state index contributed by atoms with van der Waals surface area (Å²) in [6.07, 6.45) is 1.85. The average molecular weight is 218 g/mol. The number of carbonyl (C=O) groups is 1. The number of esters is 1. The first kappa shape index (κ1) is 12.5. The van der Waals surface area contributed by atoms with Gasteiger partial charge in [-0.05, 0) is 50.5 Å². The van der Waals surface area contributed by atoms with E-state index < -0.39 is 0 Å². The van der Waals surface area contributed by atoms with E-state index >= 15 is 0 Å². The quantitative estimate of drug-likeness (QED) is 0.575. The van der Waals surface area contributed by atoms with Crippen molar-refractivity contribution in [3.63, 3.8) is 0 Å². The van der Waals surface area contributed by atoms with Gasteiger partial charge < -0.3 is 4.74 Å². The van der Waals surface area contributed by atoms with Gasteiger partial charge in [0.1, 0.15) is 0 Å². The molecule has 0 aliphatic rings. The van der Waals surface area contributed by atoms with E-state index in [1.807, 2.05) is 12.1 Å². The standard InChI is InChI=1S/C14H18O2/c1-5-16-14(15)12(4)9-13-7-6-10(2)11(3)8-13/h6-9H,5H2,1-4H3/b12-9+. The highest BCUT2D eigenvalue weighted by Gasteiger charge is 2.04. The van der Waals surface area contributed by atoms with Crippen LogP contribution in [0.2, 0.25) is 0 Å². The maximum absolute atomic E-state index is 11.4. The van der Waals surface area contributed by atoms with Crippen LogP contribution in [-0.4, -0.2) is 12.6 Å². The van der Waals surface area contributed by atoms with E-state index in [-0.39, 0.29) is 5.97 Å². The van der Waals surface area contributed by atoms with Crippen LogP contribution in [-0.2, 0) is 9.53 Å². The van der Waals surface area contributed by atoms with E-state index in [1.54, 1.807) is 13.8 Å². The largest absolute Gasteiger partial charge is 0.463 e. The predicted molar refractivity (Wildman–Crippen MR) is 66.2 cm³/mol. The van der Waals surface area contributed by atoms with Gasteiger partial charge in [0.25, 0.3) is 0 Å². The fourth-order valence-electron chi connectivity index (χ4n) is 1.41. The summed E-state index contributed by atoms with van der Waals surface area (Å²) in [5.74, 6) is -0.249. The molecule has 0 aliphatic heterocycles. The van der Waals surface area contributed by atoms with Crippen LogP contribution >= 0.6 is 0 Å². The lowest BCUT2D eigenvalue weighted by Gasteiger charge is -2.04. The lowest BCUT2D eigenvalue weighted by Crippen LogP contribution is -2.04. The lowest BCUT2D eigenvalue weighted by molar-refractivity contribution is -0.138. The molecule has 0 amide bonds. The molecule has 2 heteroatoms. The molecule has 0 aromatic heterocycles. The van der Waals surface area contributed by atoms with Gasteiger partial charge in [-0.25, -0.2) is 4.79 Å². The van der Waals surface area contributed by atoms with Gasteiger partial charge in [-0.15, -0.1) is 0 Å². The zero-order chi connectivity index (χ0) is 12.1. The van der Waals surface area contributed by atoms with Gasteiger partial charge in [0, 0.05) is 5.57 Å². The molecule has 0 radical (unpaired) electrons. The Kier molecular flexibility index (Phi) is 4.29. The van der Waals surface area contributed by atoms with Gasteiger partial charge in [-0.1, -0.05) is 18.2 Å². The smallest absolute Gasteiger partial charge is 0.333 e. The summed E-state index contributed by atoms with van der Waals surface area (Å²) in [5, 5.41) is 0. The van der Waals surface area contributed by atoms with Crippen molar-refractivity contribution in [2.75, 3.05) is 6.61 Å². The highest BCUT2D eigenvalue weighted by atomic mass is 16.5. The van der Waals surface area contributed by atoms with Crippen molar-refractivity contribution >= 4 is 12.0 Å². The normalized spacial score (nSPS) is 11.4. The first-order chi connectivity index (χ1) is 7.54. The number of aryl methyl sites for hydroxylation is 2. The Morgan fingerprint density at radius 1 is 1.31 bits per heavy atom. The van der Waals surface area contributed by atoms with Gasteiger partial charge in [0.2, 0.25) is 0 Å². The molecular weight excluding hydrogens is 200 g/mol. The number of hydrogen-bond acceptors (Lipinski definition) is 2. The van der Waals surface area contributed by atoms with Gasteiger partial charge in [0.05, 0.1) is 6.61 Å². The molecule has 0 aliphatic carbocycles. The first-order valence-corrected chi connectivity index (χ1v) is 5.47. The van der Waals surface area contributed by atoms with Crippen molar-refractivity contribution < 1.29 is 9.53 Å². The van der Waals surface area contributed by atoms with Crippen LogP contribution in [0.1, 0.15) is 30.5 Å². The molecule has 0 atom stereocenters. The number of carbonyl (C=O) groups excluding carboxylic acids is 1. The van der Waals surface area contributed by atoms with Gasteiger partial charge in [-0.2, -0.15) is 0 Å². The van der Waals surface area contributed by atoms with Crippen molar-refractivity contribution in [1.29, 1.82) is 0 Å². The third-order valence-electron chi connectivity index (χ3n) is 2.51. The first-order valence-electron chi connectivity index (χ1n) is 5.47. The van der Waals surface area contributed by atoms with Gasteiger partial charge in [0.15, 0.2) is 0 Å². The molecule has 2 nitrogen and oxygen atoms in total. The summed E-state index contributed by atoms with van der Waals surface area (Å²) in [6, 6.07) is 6.13. The Bertz CT molecular complexity index is 417. The molecule has 0 heterocycles. The van der Waals surface area contributed by atoms with Crippen molar-refractivity contribution in [2.24, 2.45) is 0 Å². The van der Waals surface area contributed by atoms with E-state index in [9.17, 15) is 4.79 Å². The number of rotatable bonds is 3. The third kappa shape index (κ3) is 3.23. The van der Waals surface area contributed by atoms with Crippen LogP contribution in [0, 0.1) is 13.8 Å². The number of ether oxygens (including phenoxy) is 1. The van der Waals surface area contributed by atoms with E-state index in [0.717, 1.165) is 5.56 Å². The molecule has 1 aromatic carbocycles. The molecule has 0 fully saturated rings. The molecule has 0 bridgehead atoms. The zero-order valence-electron chi connectivity index (χ0n) is 10.3. The molecule has 0 spiro atoms. The molecule has 0 saturated heterocycles. The predicted octanol–water partition coefficient (Wildman–Crippen LogP) is 3.27. The summed E-state index contributed by atoms with van der Waals surface area (Å²) in [6.45, 7) is 8.12. The summed E-state index contributed by atoms with van der Waals surface area (Å²) >= 11 is 0. The van der Waals surface area contributed by atoms with Crippen molar-refractivity contribution in [1.82, 2.24) is 0 Å². The highest BCUT2D eigenvalue weighted by molar-refractivity contribution is 5.93. The molecular formula is C14H18O2. The Morgan fingerprint density at radius 2 is 2.00 bits per heavy atom. The topological polar surface area (TPSA) is 26.3 Å². The summed E-state index contributed by atoms with van der Waals surface area (Å²) in [7, 11) is 0. The Hall–Kier alpha value is -1.57. The summed E-state index contributed by atoms with van der Waals surface area (Å²) in [5.41, 5.74) is 4.15. The van der Waals surface area contributed by atoms with Gasteiger partial charge >= 0.3 is 5.97 Å². The maximum Gasteiger partial charge on any atom is 0.333 e. The fraction of sp³-hybridized carbons (Fsp3) is 0.357. The second-order valence-corrected chi connectivity index (χ2v) is 3.89. The minimum Gasteiger partial charge on any atom is -0.463 e.